The molecule has 3 unspecified atom stereocenters. The molecule has 0 radical (unpaired) electrons. The second-order valence-electron chi connectivity index (χ2n) is 2.65. The minimum Gasteiger partial charge on any atom is -0.324 e. The first-order valence-electron chi connectivity index (χ1n) is 3.76. The Morgan fingerprint density at radius 1 is 1.29 bits per heavy atom. The predicted octanol–water partition coefficient (Wildman–Crippen LogP) is 0.325. The molecule has 3 atom stereocenters. The van der Waals surface area contributed by atoms with Crippen molar-refractivity contribution >= 4 is 15.2 Å². The standard InChI is InChI=1S/C5H15NO6P2/c1-11-13(7,8)4-3-5(6)14(9,10)12-2/h5H,3-4,6H2,1-2H3,(H,7,8)(H,9,10). The highest BCUT2D eigenvalue weighted by Gasteiger charge is 2.30. The molecule has 0 amide bonds. The molecular weight excluding hydrogens is 232 g/mol. The van der Waals surface area contributed by atoms with E-state index >= 15 is 0 Å². The van der Waals surface area contributed by atoms with Crippen LogP contribution in [0.25, 0.3) is 0 Å². The predicted molar refractivity (Wildman–Crippen MR) is 51.1 cm³/mol. The van der Waals surface area contributed by atoms with Gasteiger partial charge in [-0.05, 0) is 6.42 Å². The fraction of sp³-hybridized carbons (Fsp3) is 1.00. The molecule has 0 aromatic carbocycles. The number of rotatable bonds is 6. The molecule has 4 N–H and O–H groups in total. The zero-order valence-corrected chi connectivity index (χ0v) is 9.78. The maximum atomic E-state index is 11.1. The molecular formula is C5H15NO6P2. The summed E-state index contributed by atoms with van der Waals surface area (Å²) in [6, 6.07) is 0. The molecule has 7 nitrogen and oxygen atoms in total. The molecule has 0 aliphatic heterocycles. The largest absolute Gasteiger partial charge is 0.344 e. The van der Waals surface area contributed by atoms with Gasteiger partial charge in [-0.3, -0.25) is 9.13 Å². The van der Waals surface area contributed by atoms with Crippen molar-refractivity contribution in [1.29, 1.82) is 0 Å². The van der Waals surface area contributed by atoms with E-state index in [1.54, 1.807) is 0 Å². The van der Waals surface area contributed by atoms with Gasteiger partial charge in [0.25, 0.3) is 0 Å². The van der Waals surface area contributed by atoms with Crippen LogP contribution in [0.4, 0.5) is 0 Å². The van der Waals surface area contributed by atoms with Gasteiger partial charge in [0, 0.05) is 14.2 Å². The van der Waals surface area contributed by atoms with E-state index in [-0.39, 0.29) is 12.6 Å². The molecule has 0 saturated heterocycles. The van der Waals surface area contributed by atoms with Gasteiger partial charge < -0.3 is 24.6 Å². The first-order chi connectivity index (χ1) is 6.25. The van der Waals surface area contributed by atoms with E-state index in [1.807, 2.05) is 0 Å². The van der Waals surface area contributed by atoms with Crippen molar-refractivity contribution < 1.29 is 28.0 Å². The molecule has 86 valence electrons. The van der Waals surface area contributed by atoms with E-state index in [4.69, 9.17) is 15.5 Å². The Labute approximate surface area is 82.3 Å². The van der Waals surface area contributed by atoms with E-state index in [0.717, 1.165) is 14.2 Å². The van der Waals surface area contributed by atoms with Crippen LogP contribution in [0, 0.1) is 0 Å². The number of nitrogens with two attached hydrogens (primary N) is 1. The van der Waals surface area contributed by atoms with Gasteiger partial charge in [-0.15, -0.1) is 0 Å². The summed E-state index contributed by atoms with van der Waals surface area (Å²) in [4.78, 5) is 18.0. The highest BCUT2D eigenvalue weighted by Crippen LogP contribution is 2.49. The van der Waals surface area contributed by atoms with Crippen molar-refractivity contribution in [2.24, 2.45) is 5.73 Å². The normalized spacial score (nSPS) is 22.4. The average molecular weight is 247 g/mol. The van der Waals surface area contributed by atoms with Crippen LogP contribution in [-0.2, 0) is 18.2 Å². The van der Waals surface area contributed by atoms with Crippen molar-refractivity contribution in [2.75, 3.05) is 20.4 Å². The van der Waals surface area contributed by atoms with Crippen LogP contribution < -0.4 is 5.73 Å². The third kappa shape index (κ3) is 4.66. The smallest absolute Gasteiger partial charge is 0.324 e. The summed E-state index contributed by atoms with van der Waals surface area (Å²) < 4.78 is 30.6. The summed E-state index contributed by atoms with van der Waals surface area (Å²) in [6.45, 7) is 0. The first-order valence-corrected chi connectivity index (χ1v) is 7.17. The van der Waals surface area contributed by atoms with Gasteiger partial charge in [0.05, 0.1) is 6.16 Å². The molecule has 0 fully saturated rings. The van der Waals surface area contributed by atoms with Gasteiger partial charge in [0.15, 0.2) is 0 Å². The molecule has 9 heteroatoms. The lowest BCUT2D eigenvalue weighted by Gasteiger charge is -2.17. The first kappa shape index (κ1) is 14.3. The van der Waals surface area contributed by atoms with Crippen LogP contribution in [-0.4, -0.2) is 36.0 Å². The minimum atomic E-state index is -3.87. The zero-order valence-electron chi connectivity index (χ0n) is 7.99. The molecule has 0 aromatic heterocycles. The van der Waals surface area contributed by atoms with Gasteiger partial charge in [-0.1, -0.05) is 0 Å². The Bertz CT molecular complexity index is 269. The quantitative estimate of drug-likeness (QED) is 0.578. The minimum absolute atomic E-state index is 0.122. The van der Waals surface area contributed by atoms with E-state index in [0.29, 0.717) is 0 Å². The average Bonchev–Trinajstić information content (AvgIpc) is 2.14. The van der Waals surface area contributed by atoms with Crippen LogP contribution in [0.5, 0.6) is 0 Å². The van der Waals surface area contributed by atoms with Crippen LogP contribution in [0.1, 0.15) is 6.42 Å². The van der Waals surface area contributed by atoms with Crippen molar-refractivity contribution in [1.82, 2.24) is 0 Å². The lowest BCUT2D eigenvalue weighted by Crippen LogP contribution is -2.22. The summed E-state index contributed by atoms with van der Waals surface area (Å²) in [7, 11) is -5.41. The maximum absolute atomic E-state index is 11.1. The van der Waals surface area contributed by atoms with E-state index in [2.05, 4.69) is 9.05 Å². The Kier molecular flexibility index (Phi) is 5.47. The third-order valence-corrected chi connectivity index (χ3v) is 4.69. The Morgan fingerprint density at radius 2 is 1.79 bits per heavy atom. The molecule has 0 aromatic rings. The number of hydrogen-bond donors (Lipinski definition) is 3. The van der Waals surface area contributed by atoms with Crippen molar-refractivity contribution in [3.63, 3.8) is 0 Å². The summed E-state index contributed by atoms with van der Waals surface area (Å²) >= 11 is 0. The highest BCUT2D eigenvalue weighted by atomic mass is 31.2. The summed E-state index contributed by atoms with van der Waals surface area (Å²) in [5.41, 5.74) is 5.30. The van der Waals surface area contributed by atoms with Crippen molar-refractivity contribution in [3.8, 4) is 0 Å². The summed E-state index contributed by atoms with van der Waals surface area (Å²) in [5.74, 6) is -1.18. The van der Waals surface area contributed by atoms with Crippen molar-refractivity contribution in [2.45, 2.75) is 12.2 Å². The fourth-order valence-electron chi connectivity index (χ4n) is 0.685. The van der Waals surface area contributed by atoms with Crippen LogP contribution in [0.2, 0.25) is 0 Å². The zero-order chi connectivity index (χ0) is 11.4. The van der Waals surface area contributed by atoms with E-state index in [9.17, 15) is 9.13 Å². The summed E-state index contributed by atoms with van der Waals surface area (Å²) in [6.07, 6.45) is -0.401. The lowest BCUT2D eigenvalue weighted by molar-refractivity contribution is 0.299. The second kappa shape index (κ2) is 5.37. The van der Waals surface area contributed by atoms with Crippen LogP contribution >= 0.6 is 15.2 Å². The topological polar surface area (TPSA) is 119 Å². The van der Waals surface area contributed by atoms with E-state index in [1.165, 1.54) is 0 Å². The van der Waals surface area contributed by atoms with Crippen LogP contribution in [0.3, 0.4) is 0 Å². The van der Waals surface area contributed by atoms with Gasteiger partial charge >= 0.3 is 15.2 Å². The van der Waals surface area contributed by atoms with Gasteiger partial charge in [0.2, 0.25) is 0 Å². The molecule has 0 rings (SSSR count). The second-order valence-corrected chi connectivity index (χ2v) is 6.89. The molecule has 0 saturated carbocycles. The van der Waals surface area contributed by atoms with Crippen molar-refractivity contribution in [3.05, 3.63) is 0 Å². The Morgan fingerprint density at radius 3 is 2.14 bits per heavy atom. The Hall–Kier alpha value is 0.260. The van der Waals surface area contributed by atoms with Crippen LogP contribution in [0.15, 0.2) is 0 Å². The summed E-state index contributed by atoms with van der Waals surface area (Å²) in [5, 5.41) is 0. The molecule has 0 aliphatic carbocycles. The lowest BCUT2D eigenvalue weighted by atomic mass is 10.5. The van der Waals surface area contributed by atoms with Gasteiger partial charge in [-0.25, -0.2) is 0 Å². The third-order valence-electron chi connectivity index (χ3n) is 1.67. The SMILES string of the molecule is COP(=O)(O)CCC(N)P(=O)(O)OC. The molecule has 0 bridgehead atoms. The molecule has 14 heavy (non-hydrogen) atoms. The maximum Gasteiger partial charge on any atom is 0.344 e. The monoisotopic (exact) mass is 247 g/mol. The molecule has 0 heterocycles. The molecule has 0 aliphatic rings. The highest BCUT2D eigenvalue weighted by molar-refractivity contribution is 7.54. The number of hydrogen-bond acceptors (Lipinski definition) is 5. The fourth-order valence-corrected chi connectivity index (χ4v) is 2.40. The van der Waals surface area contributed by atoms with Gasteiger partial charge in [-0.2, -0.15) is 0 Å². The Balaban J connectivity index is 4.16. The molecule has 0 spiro atoms. The van der Waals surface area contributed by atoms with Gasteiger partial charge in [0.1, 0.15) is 5.78 Å². The van der Waals surface area contributed by atoms with E-state index < -0.39 is 21.0 Å².